The van der Waals surface area contributed by atoms with E-state index in [9.17, 15) is 9.59 Å². The average molecular weight is 366 g/mol. The summed E-state index contributed by atoms with van der Waals surface area (Å²) in [6.45, 7) is 7.75. The minimum Gasteiger partial charge on any atom is -0.334 e. The summed E-state index contributed by atoms with van der Waals surface area (Å²) in [5, 5.41) is 6.78. The fourth-order valence-corrected chi connectivity index (χ4v) is 2.60. The Balaban J connectivity index is 1.81. The van der Waals surface area contributed by atoms with Crippen molar-refractivity contribution in [3.8, 4) is 11.5 Å². The van der Waals surface area contributed by atoms with E-state index in [1.54, 1.807) is 12.3 Å². The van der Waals surface area contributed by atoms with Gasteiger partial charge >= 0.3 is 0 Å². The van der Waals surface area contributed by atoms with E-state index in [4.69, 9.17) is 4.52 Å². The molecule has 7 nitrogen and oxygen atoms in total. The molecule has 0 saturated heterocycles. The fourth-order valence-electron chi connectivity index (χ4n) is 2.60. The number of hydrogen-bond acceptors (Lipinski definition) is 5. The molecule has 27 heavy (non-hydrogen) atoms. The third-order valence-electron chi connectivity index (χ3n) is 4.38. The zero-order valence-electron chi connectivity index (χ0n) is 15.8. The smallest absolute Gasteiger partial charge is 0.259 e. The Bertz CT molecular complexity index is 1030. The number of aryl methyl sites for hydroxylation is 1. The Hall–Kier alpha value is -3.22. The first-order valence-corrected chi connectivity index (χ1v) is 8.75. The summed E-state index contributed by atoms with van der Waals surface area (Å²) in [7, 11) is 0. The highest BCUT2D eigenvalue weighted by atomic mass is 16.5. The number of anilines is 1. The van der Waals surface area contributed by atoms with E-state index >= 15 is 0 Å². The van der Waals surface area contributed by atoms with Gasteiger partial charge in [0.1, 0.15) is 6.54 Å². The van der Waals surface area contributed by atoms with Crippen molar-refractivity contribution < 1.29 is 9.32 Å². The molecule has 3 aromatic rings. The maximum Gasteiger partial charge on any atom is 0.259 e. The number of rotatable bonds is 5. The molecule has 1 amide bonds. The molecule has 140 valence electrons. The summed E-state index contributed by atoms with van der Waals surface area (Å²) < 4.78 is 6.59. The summed E-state index contributed by atoms with van der Waals surface area (Å²) in [4.78, 5) is 28.9. The minimum atomic E-state index is -0.281. The van der Waals surface area contributed by atoms with E-state index in [1.165, 1.54) is 10.6 Å². The van der Waals surface area contributed by atoms with E-state index in [0.29, 0.717) is 17.3 Å². The predicted molar refractivity (Wildman–Crippen MR) is 103 cm³/mol. The predicted octanol–water partition coefficient (Wildman–Crippen LogP) is 3.28. The third-order valence-corrected chi connectivity index (χ3v) is 4.38. The van der Waals surface area contributed by atoms with Gasteiger partial charge in [0, 0.05) is 23.9 Å². The molecular formula is C20H22N4O3. The van der Waals surface area contributed by atoms with Crippen LogP contribution in [-0.4, -0.2) is 20.6 Å². The number of nitrogens with zero attached hydrogens (tertiary/aromatic N) is 3. The van der Waals surface area contributed by atoms with E-state index in [1.807, 2.05) is 45.9 Å². The molecule has 0 aliphatic rings. The van der Waals surface area contributed by atoms with Gasteiger partial charge in [-0.15, -0.1) is 0 Å². The van der Waals surface area contributed by atoms with Crippen molar-refractivity contribution in [2.24, 2.45) is 0 Å². The van der Waals surface area contributed by atoms with Crippen molar-refractivity contribution in [3.63, 3.8) is 0 Å². The van der Waals surface area contributed by atoms with Crippen LogP contribution in [0, 0.1) is 13.8 Å². The van der Waals surface area contributed by atoms with E-state index < -0.39 is 0 Å². The van der Waals surface area contributed by atoms with Gasteiger partial charge in [0.2, 0.25) is 5.91 Å². The van der Waals surface area contributed by atoms with Crippen LogP contribution in [0.3, 0.4) is 0 Å². The molecule has 0 aliphatic heterocycles. The minimum absolute atomic E-state index is 0.106. The molecule has 0 atom stereocenters. The van der Waals surface area contributed by atoms with Crippen LogP contribution in [0.4, 0.5) is 5.69 Å². The fraction of sp³-hybridized carbons (Fsp3) is 0.300. The normalized spacial score (nSPS) is 11.0. The number of benzene rings is 1. The largest absolute Gasteiger partial charge is 0.334 e. The number of nitrogens with one attached hydrogen (secondary N) is 1. The number of hydrogen-bond donors (Lipinski definition) is 1. The van der Waals surface area contributed by atoms with E-state index in [2.05, 4.69) is 15.5 Å². The van der Waals surface area contributed by atoms with Crippen molar-refractivity contribution in [3.05, 3.63) is 63.8 Å². The highest BCUT2D eigenvalue weighted by Crippen LogP contribution is 2.20. The van der Waals surface area contributed by atoms with Crippen LogP contribution in [0.5, 0.6) is 0 Å². The maximum atomic E-state index is 12.4. The lowest BCUT2D eigenvalue weighted by Gasteiger charge is -2.11. The van der Waals surface area contributed by atoms with Crippen LogP contribution in [-0.2, 0) is 11.3 Å². The molecule has 3 rings (SSSR count). The molecule has 0 unspecified atom stereocenters. The second-order valence-electron chi connectivity index (χ2n) is 6.79. The molecule has 7 heteroatoms. The number of carbonyl (C=O) groups excluding carboxylic acids is 1. The molecule has 0 radical (unpaired) electrons. The van der Waals surface area contributed by atoms with Crippen molar-refractivity contribution in [2.75, 3.05) is 5.32 Å². The van der Waals surface area contributed by atoms with Gasteiger partial charge in [0.05, 0.1) is 5.56 Å². The number of pyridine rings is 1. The number of amides is 1. The first-order valence-electron chi connectivity index (χ1n) is 8.75. The Morgan fingerprint density at radius 1 is 1.22 bits per heavy atom. The van der Waals surface area contributed by atoms with Crippen LogP contribution >= 0.6 is 0 Å². The second kappa shape index (κ2) is 7.57. The number of carbonyl (C=O) groups is 1. The van der Waals surface area contributed by atoms with Crippen LogP contribution < -0.4 is 10.9 Å². The lowest BCUT2D eigenvalue weighted by molar-refractivity contribution is -0.116. The second-order valence-corrected chi connectivity index (χ2v) is 6.79. The molecule has 2 heterocycles. The third kappa shape index (κ3) is 4.13. The molecule has 1 aromatic carbocycles. The Labute approximate surface area is 157 Å². The van der Waals surface area contributed by atoms with Gasteiger partial charge in [-0.2, -0.15) is 4.98 Å². The van der Waals surface area contributed by atoms with Crippen molar-refractivity contribution in [2.45, 2.75) is 40.2 Å². The highest BCUT2D eigenvalue weighted by Gasteiger charge is 2.14. The molecule has 2 aromatic heterocycles. The van der Waals surface area contributed by atoms with Crippen LogP contribution in [0.25, 0.3) is 11.5 Å². The van der Waals surface area contributed by atoms with Gasteiger partial charge in [0.25, 0.3) is 11.4 Å². The van der Waals surface area contributed by atoms with Crippen LogP contribution in [0.2, 0.25) is 0 Å². The summed E-state index contributed by atoms with van der Waals surface area (Å²) >= 11 is 0. The lowest BCUT2D eigenvalue weighted by Crippen LogP contribution is -2.27. The number of aromatic nitrogens is 3. The first-order chi connectivity index (χ1) is 12.8. The van der Waals surface area contributed by atoms with Gasteiger partial charge in [-0.25, -0.2) is 0 Å². The zero-order valence-corrected chi connectivity index (χ0v) is 15.8. The van der Waals surface area contributed by atoms with Crippen LogP contribution in [0.15, 0.2) is 45.8 Å². The summed E-state index contributed by atoms with van der Waals surface area (Å²) in [5.41, 5.74) is 3.14. The van der Waals surface area contributed by atoms with Crippen molar-refractivity contribution >= 4 is 11.6 Å². The molecule has 0 spiro atoms. The van der Waals surface area contributed by atoms with E-state index in [-0.39, 0.29) is 23.9 Å². The Morgan fingerprint density at radius 2 is 2.00 bits per heavy atom. The monoisotopic (exact) mass is 366 g/mol. The van der Waals surface area contributed by atoms with Gasteiger partial charge < -0.3 is 14.4 Å². The summed E-state index contributed by atoms with van der Waals surface area (Å²) in [6.07, 6.45) is 1.56. The molecule has 0 saturated carbocycles. The first kappa shape index (κ1) is 18.6. The topological polar surface area (TPSA) is 90.0 Å². The standard InChI is InChI=1S/C20H22N4O3/c1-12(2)19-22-20(27-23-19)15-8-9-18(26)24(10-15)11-17(25)21-16-7-5-6-13(3)14(16)4/h5-10,12H,11H2,1-4H3,(H,21,25). The van der Waals surface area contributed by atoms with Crippen molar-refractivity contribution in [1.29, 1.82) is 0 Å². The lowest BCUT2D eigenvalue weighted by atomic mass is 10.1. The highest BCUT2D eigenvalue weighted by molar-refractivity contribution is 5.91. The van der Waals surface area contributed by atoms with E-state index in [0.717, 1.165) is 16.8 Å². The van der Waals surface area contributed by atoms with Gasteiger partial charge in [-0.3, -0.25) is 9.59 Å². The quantitative estimate of drug-likeness (QED) is 0.748. The SMILES string of the molecule is Cc1cccc(NC(=O)Cn2cc(-c3nc(C(C)C)no3)ccc2=O)c1C. The van der Waals surface area contributed by atoms with Gasteiger partial charge in [0.15, 0.2) is 5.82 Å². The summed E-state index contributed by atoms with van der Waals surface area (Å²) in [6, 6.07) is 8.70. The Kier molecular flexibility index (Phi) is 5.21. The Morgan fingerprint density at radius 3 is 2.70 bits per heavy atom. The van der Waals surface area contributed by atoms with Crippen molar-refractivity contribution in [1.82, 2.24) is 14.7 Å². The molecule has 0 bridgehead atoms. The van der Waals surface area contributed by atoms with Gasteiger partial charge in [-0.05, 0) is 37.1 Å². The van der Waals surface area contributed by atoms with Crippen LogP contribution in [0.1, 0.15) is 36.7 Å². The zero-order chi connectivity index (χ0) is 19.6. The molecule has 0 aliphatic carbocycles. The summed E-state index contributed by atoms with van der Waals surface area (Å²) in [5.74, 6) is 0.769. The molecule has 1 N–H and O–H groups in total. The molecule has 0 fully saturated rings. The maximum absolute atomic E-state index is 12.4. The van der Waals surface area contributed by atoms with Gasteiger partial charge in [-0.1, -0.05) is 31.1 Å². The average Bonchev–Trinajstić information content (AvgIpc) is 3.11. The molecular weight excluding hydrogens is 344 g/mol.